The van der Waals surface area contributed by atoms with E-state index in [9.17, 15) is 4.79 Å². The molecule has 5 nitrogen and oxygen atoms in total. The van der Waals surface area contributed by atoms with Crippen molar-refractivity contribution in [3.05, 3.63) is 0 Å². The van der Waals surface area contributed by atoms with E-state index in [0.717, 1.165) is 0 Å². The van der Waals surface area contributed by atoms with E-state index in [2.05, 4.69) is 22.9 Å². The predicted octanol–water partition coefficient (Wildman–Crippen LogP) is -1.66. The Bertz CT molecular complexity index is 107. The van der Waals surface area contributed by atoms with Crippen molar-refractivity contribution in [1.82, 2.24) is 5.32 Å². The first-order valence-corrected chi connectivity index (χ1v) is 2.23. The summed E-state index contributed by atoms with van der Waals surface area (Å²) in [5.41, 5.74) is 0. The third-order valence-corrected chi connectivity index (χ3v) is 0.536. The molecule has 0 aliphatic carbocycles. The van der Waals surface area contributed by atoms with Gasteiger partial charge in [0.2, 0.25) is 0 Å². The fraction of sp³-hybridized carbons (Fsp3) is 0.667. The summed E-state index contributed by atoms with van der Waals surface area (Å²) in [7, 11) is 4.49. The van der Waals surface area contributed by atoms with Crippen molar-refractivity contribution in [1.29, 1.82) is 0 Å². The molecule has 6 heteroatoms. The molecule has 0 bridgehead atoms. The molecule has 9 heavy (non-hydrogen) atoms. The summed E-state index contributed by atoms with van der Waals surface area (Å²) in [6.07, 6.45) is 0. The van der Waals surface area contributed by atoms with Gasteiger partial charge < -0.3 is 0 Å². The SMILES string of the molecule is [B]=NOC(=O)CNCO. The predicted molar refractivity (Wildman–Crippen MR) is 29.4 cm³/mol. The molecule has 0 aliphatic heterocycles. The first kappa shape index (κ1) is 8.25. The van der Waals surface area contributed by atoms with Gasteiger partial charge >= 0.3 is 52.0 Å². The first-order chi connectivity index (χ1) is 4.31. The number of carbonyl (C=O) groups excluding carboxylic acids is 1. The summed E-state index contributed by atoms with van der Waals surface area (Å²) in [5, 5.41) is 13.0. The van der Waals surface area contributed by atoms with Gasteiger partial charge in [-0.3, -0.25) is 0 Å². The minimum absolute atomic E-state index is 0.100. The Labute approximate surface area is 53.1 Å². The Kier molecular flexibility index (Phi) is 4.95. The Balaban J connectivity index is 3.16. The van der Waals surface area contributed by atoms with Crippen molar-refractivity contribution in [2.45, 2.75) is 0 Å². The van der Waals surface area contributed by atoms with Crippen molar-refractivity contribution in [2.75, 3.05) is 13.3 Å². The van der Waals surface area contributed by atoms with Gasteiger partial charge in [0.05, 0.1) is 0 Å². The summed E-state index contributed by atoms with van der Waals surface area (Å²) in [4.78, 5) is 14.2. The van der Waals surface area contributed by atoms with Crippen LogP contribution in [-0.2, 0) is 9.63 Å². The summed E-state index contributed by atoms with van der Waals surface area (Å²) < 4.78 is 0. The van der Waals surface area contributed by atoms with Crippen LogP contribution < -0.4 is 5.32 Å². The molecule has 0 amide bonds. The van der Waals surface area contributed by atoms with Crippen LogP contribution in [0.5, 0.6) is 0 Å². The summed E-state index contributed by atoms with van der Waals surface area (Å²) in [6, 6.07) is 0. The first-order valence-electron chi connectivity index (χ1n) is 2.23. The van der Waals surface area contributed by atoms with E-state index in [4.69, 9.17) is 5.11 Å². The second-order valence-electron chi connectivity index (χ2n) is 1.15. The molecular weight excluding hydrogens is 123 g/mol. The third kappa shape index (κ3) is 5.12. The molecule has 1 radical (unpaired) electrons. The molecule has 2 N–H and O–H groups in total. The van der Waals surface area contributed by atoms with Crippen LogP contribution in [0, 0.1) is 0 Å². The van der Waals surface area contributed by atoms with Crippen molar-refractivity contribution in [3.8, 4) is 0 Å². The topological polar surface area (TPSA) is 70.9 Å². The zero-order valence-corrected chi connectivity index (χ0v) is 4.70. The maximum absolute atomic E-state index is 10.2. The third-order valence-electron chi connectivity index (χ3n) is 0.536. The van der Waals surface area contributed by atoms with Crippen LogP contribution in [0.4, 0.5) is 0 Å². The van der Waals surface area contributed by atoms with Gasteiger partial charge in [0.25, 0.3) is 0 Å². The van der Waals surface area contributed by atoms with Gasteiger partial charge in [-0.15, -0.1) is 0 Å². The molecule has 0 unspecified atom stereocenters. The van der Waals surface area contributed by atoms with Crippen LogP contribution in [-0.4, -0.2) is 32.0 Å². The van der Waals surface area contributed by atoms with Crippen molar-refractivity contribution >= 4 is 13.6 Å². The Morgan fingerprint density at radius 2 is 2.56 bits per heavy atom. The van der Waals surface area contributed by atoms with E-state index in [-0.39, 0.29) is 13.3 Å². The summed E-state index contributed by atoms with van der Waals surface area (Å²) in [6.45, 7) is -0.378. The molecule has 0 heterocycles. The van der Waals surface area contributed by atoms with E-state index in [0.29, 0.717) is 0 Å². The van der Waals surface area contributed by atoms with Crippen molar-refractivity contribution < 1.29 is 14.7 Å². The Morgan fingerprint density at radius 3 is 3.00 bits per heavy atom. The van der Waals surface area contributed by atoms with E-state index >= 15 is 0 Å². The molecule has 0 aliphatic rings. The van der Waals surface area contributed by atoms with Crippen LogP contribution in [0.15, 0.2) is 5.06 Å². The average Bonchev–Trinajstić information content (AvgIpc) is 1.85. The van der Waals surface area contributed by atoms with E-state index < -0.39 is 5.97 Å². The van der Waals surface area contributed by atoms with Crippen LogP contribution in [0.1, 0.15) is 0 Å². The molecule has 49 valence electrons. The Morgan fingerprint density at radius 1 is 1.89 bits per heavy atom. The second kappa shape index (κ2) is 5.39. The molecule has 0 saturated heterocycles. The number of aliphatic hydroxyl groups excluding tert-OH is 1. The van der Waals surface area contributed by atoms with Gasteiger partial charge in [0.15, 0.2) is 0 Å². The van der Waals surface area contributed by atoms with Gasteiger partial charge in [-0.05, 0) is 0 Å². The van der Waals surface area contributed by atoms with E-state index in [1.807, 2.05) is 0 Å². The quantitative estimate of drug-likeness (QED) is 0.270. The van der Waals surface area contributed by atoms with Crippen molar-refractivity contribution in [2.24, 2.45) is 5.06 Å². The Hall–Kier alpha value is -0.745. The number of hydrogen-bond donors (Lipinski definition) is 2. The maximum atomic E-state index is 10.2. The second-order valence-corrected chi connectivity index (χ2v) is 1.15. The molecule has 0 spiro atoms. The monoisotopic (exact) mass is 129 g/mol. The number of nitrogens with one attached hydrogen (secondary N) is 1. The average molecular weight is 129 g/mol. The normalized spacial score (nSPS) is 8.44. The van der Waals surface area contributed by atoms with Gasteiger partial charge in [-0.25, -0.2) is 0 Å². The molecule has 0 aromatic carbocycles. The summed E-state index contributed by atoms with van der Waals surface area (Å²) in [5.74, 6) is -0.633. The van der Waals surface area contributed by atoms with E-state index in [1.165, 1.54) is 0 Å². The molecule has 0 saturated carbocycles. The number of carbonyl (C=O) groups is 1. The zero-order valence-electron chi connectivity index (χ0n) is 4.70. The van der Waals surface area contributed by atoms with Gasteiger partial charge in [-0.2, -0.15) is 0 Å². The minimum atomic E-state index is -0.633. The van der Waals surface area contributed by atoms with E-state index in [1.54, 1.807) is 0 Å². The van der Waals surface area contributed by atoms with Crippen LogP contribution >= 0.6 is 0 Å². The van der Waals surface area contributed by atoms with Gasteiger partial charge in [-0.1, -0.05) is 0 Å². The number of aliphatic hydroxyl groups is 1. The fourth-order valence-corrected chi connectivity index (χ4v) is 0.249. The number of nitrogens with zero attached hydrogens (tertiary/aromatic N) is 1. The van der Waals surface area contributed by atoms with Crippen LogP contribution in [0.3, 0.4) is 0 Å². The van der Waals surface area contributed by atoms with Crippen molar-refractivity contribution in [3.63, 3.8) is 0 Å². The molecule has 0 rings (SSSR count). The molecule has 0 aromatic heterocycles. The number of rotatable bonds is 4. The number of hydrogen-bond acceptors (Lipinski definition) is 5. The summed E-state index contributed by atoms with van der Waals surface area (Å²) >= 11 is 0. The molecule has 0 aromatic rings. The molecule has 0 fully saturated rings. The standard InChI is InChI=1S/C3H6BN2O3/c4-6-9-3(8)1-5-2-7/h5,7H,1-2H2. The van der Waals surface area contributed by atoms with Gasteiger partial charge in [0, 0.05) is 0 Å². The van der Waals surface area contributed by atoms with Gasteiger partial charge in [0.1, 0.15) is 0 Å². The molecular formula is C3H6BN2O3. The van der Waals surface area contributed by atoms with Crippen LogP contribution in [0.25, 0.3) is 0 Å². The van der Waals surface area contributed by atoms with Crippen LogP contribution in [0.2, 0.25) is 0 Å². The molecule has 0 atom stereocenters. The zero-order chi connectivity index (χ0) is 7.11. The fourth-order valence-electron chi connectivity index (χ4n) is 0.249.